The van der Waals surface area contributed by atoms with Crippen molar-refractivity contribution in [1.29, 1.82) is 0 Å². The number of halogens is 1. The molecule has 0 amide bonds. The third kappa shape index (κ3) is 25.7. The number of carbonyl (C=O) groups is 10. The molecule has 21 nitrogen and oxygen atoms in total. The van der Waals surface area contributed by atoms with Crippen molar-refractivity contribution in [3.05, 3.63) is 281 Å². The molecule has 0 aliphatic heterocycles. The fourth-order valence-corrected chi connectivity index (χ4v) is 15.2. The van der Waals surface area contributed by atoms with Crippen molar-refractivity contribution >= 4 is 90.1 Å². The summed E-state index contributed by atoms with van der Waals surface area (Å²) in [4.78, 5) is 120. The Labute approximate surface area is 712 Å². The molecular weight excluding hydrogens is 1560 g/mol. The zero-order valence-electron chi connectivity index (χ0n) is 71.7. The molecule has 0 saturated heterocycles. The van der Waals surface area contributed by atoms with Gasteiger partial charge < -0.3 is 52.1 Å². The van der Waals surface area contributed by atoms with Crippen LogP contribution in [0.3, 0.4) is 0 Å². The number of methoxy groups -OCH3 is 1. The minimum atomic E-state index is -0.998. The minimum absolute atomic E-state index is 0.109. The fraction of sp³-hybridized carbons (Fsp3) is 0.320. The van der Waals surface area contributed by atoms with Gasteiger partial charge in [-0.2, -0.15) is 0 Å². The van der Waals surface area contributed by atoms with E-state index in [4.69, 9.17) is 52.1 Å². The van der Waals surface area contributed by atoms with Crippen molar-refractivity contribution < 1.29 is 104 Å². The van der Waals surface area contributed by atoms with Crippen LogP contribution in [-0.4, -0.2) is 78.0 Å². The van der Waals surface area contributed by atoms with E-state index in [-0.39, 0.29) is 56.8 Å². The lowest BCUT2D eigenvalue weighted by Gasteiger charge is -2.59. The van der Waals surface area contributed by atoms with E-state index in [0.717, 1.165) is 70.9 Å². The van der Waals surface area contributed by atoms with Gasteiger partial charge in [0, 0.05) is 34.6 Å². The second kappa shape index (κ2) is 41.7. The molecule has 5 aliphatic carbocycles. The predicted molar refractivity (Wildman–Crippen MR) is 464 cm³/mol. The summed E-state index contributed by atoms with van der Waals surface area (Å²) >= 11 is 0. The number of esters is 10. The number of carbonyl (C=O) groups excluding carboxylic acids is 10. The highest BCUT2D eigenvalue weighted by Crippen LogP contribution is 2.60. The molecule has 0 radical (unpaired) electrons. The number of rotatable bonds is 24. The monoisotopic (exact) mass is 1660 g/mol. The van der Waals surface area contributed by atoms with E-state index < -0.39 is 87.7 Å². The normalized spacial score (nSPS) is 16.8. The van der Waals surface area contributed by atoms with Crippen molar-refractivity contribution in [2.24, 2.45) is 23.7 Å². The van der Waals surface area contributed by atoms with Crippen molar-refractivity contribution in [2.45, 2.75) is 176 Å². The van der Waals surface area contributed by atoms with Gasteiger partial charge in [0.25, 0.3) is 0 Å². The number of ether oxygens (including phenoxy) is 11. The lowest BCUT2D eigenvalue weighted by Crippen LogP contribution is -2.58. The van der Waals surface area contributed by atoms with Crippen molar-refractivity contribution in [1.82, 2.24) is 0 Å². The highest BCUT2D eigenvalue weighted by molar-refractivity contribution is 5.98. The molecule has 0 atom stereocenters. The topological polar surface area (TPSA) is 272 Å². The lowest BCUT2D eigenvalue weighted by atomic mass is 9.50. The first-order valence-electron chi connectivity index (χ1n) is 40.0. The van der Waals surface area contributed by atoms with Gasteiger partial charge in [0.1, 0.15) is 96.1 Å². The highest BCUT2D eigenvalue weighted by Gasteiger charge is 2.57. The Kier molecular flexibility index (Phi) is 32.3. The summed E-state index contributed by atoms with van der Waals surface area (Å²) in [5, 5.41) is 0. The predicted octanol–water partition coefficient (Wildman–Crippen LogP) is 21.6. The van der Waals surface area contributed by atoms with Gasteiger partial charge >= 0.3 is 59.7 Å². The van der Waals surface area contributed by atoms with E-state index >= 15 is 0 Å². The molecule has 8 aromatic carbocycles. The third-order valence-corrected chi connectivity index (χ3v) is 21.5. The molecule has 122 heavy (non-hydrogen) atoms. The molecule has 22 heteroatoms. The van der Waals surface area contributed by atoms with Crippen LogP contribution in [0.15, 0.2) is 203 Å². The molecule has 0 unspecified atom stereocenters. The van der Waals surface area contributed by atoms with E-state index in [2.05, 4.69) is 39.8 Å². The average Bonchev–Trinajstić information content (AvgIpc) is 0.741. The summed E-state index contributed by atoms with van der Waals surface area (Å²) in [6.07, 6.45) is 18.0. The molecule has 4 bridgehead atoms. The van der Waals surface area contributed by atoms with E-state index in [1.807, 2.05) is 63.2 Å². The molecule has 5 saturated carbocycles. The Hall–Kier alpha value is -13.1. The van der Waals surface area contributed by atoms with Crippen LogP contribution in [0.5, 0.6) is 34.5 Å². The first-order valence-corrected chi connectivity index (χ1v) is 40.0. The number of hydrogen-bond donors (Lipinski definition) is 0. The van der Waals surface area contributed by atoms with Gasteiger partial charge in [-0.05, 0) is 266 Å². The molecule has 8 aromatic rings. The standard InChI is InChI=1S/C22H26O4.C21H22O5.C20H19FO4.C20H20O4.C17H20O4/c1-4-14-5-6-20(25-13(2)23)19(12-14)21(24)26-22(3)17-8-15-7-16(10-17)11-18(22)9-15;1-6-15-7-12-19(25-14(2)22)18(13-15)20(23)26-21(3,4)16-8-10-17(24-5)11-9-16;1-5-14-6-11-18(24-13(2)22)17(12-14)19(23)25-20(3,4)15-7-9-16(21)10-8-15;1-5-15-11-12-18(23-14(2)21)17(13-15)19(22)24-20(3,4)16-9-7-6-8-10-16;1-4-13-7-8-15(20-12(2)18)14(11-13)16(19)21-17(3)9-5-6-10-17/h4-6,12,15-18H,1,7-11H2,2-3H3;6-13H,1H2,2-5H3;5-12H,1H2,2-4H3;5-13H,1H2,2-4H3;4,7-8,11H,1,5-6,9-10H2,2-3H3. The van der Waals surface area contributed by atoms with Gasteiger partial charge in [-0.1, -0.05) is 148 Å². The maximum Gasteiger partial charge on any atom is 0.342 e. The zero-order valence-corrected chi connectivity index (χ0v) is 71.7. The average molecular weight is 1660 g/mol. The van der Waals surface area contributed by atoms with Crippen LogP contribution >= 0.6 is 0 Å². The van der Waals surface area contributed by atoms with Crippen LogP contribution in [-0.2, 0) is 64.5 Å². The Bertz CT molecular complexity index is 5190. The molecule has 0 heterocycles. The van der Waals surface area contributed by atoms with E-state index in [1.54, 1.807) is 168 Å². The molecule has 0 aromatic heterocycles. The summed E-state index contributed by atoms with van der Waals surface area (Å²) in [6, 6.07) is 46.9. The van der Waals surface area contributed by atoms with Crippen LogP contribution in [0, 0.1) is 29.5 Å². The van der Waals surface area contributed by atoms with E-state index in [9.17, 15) is 52.3 Å². The molecule has 13 rings (SSSR count). The fourth-order valence-electron chi connectivity index (χ4n) is 15.2. The van der Waals surface area contributed by atoms with Crippen molar-refractivity contribution in [3.8, 4) is 34.5 Å². The first-order chi connectivity index (χ1) is 57.6. The Morgan fingerprint density at radius 3 is 0.910 bits per heavy atom. The van der Waals surface area contributed by atoms with Crippen LogP contribution in [0.4, 0.5) is 4.39 Å². The van der Waals surface area contributed by atoms with Gasteiger partial charge in [-0.25, -0.2) is 28.4 Å². The quantitative estimate of drug-likeness (QED) is 0.0309. The van der Waals surface area contributed by atoms with Crippen molar-refractivity contribution in [2.75, 3.05) is 7.11 Å². The summed E-state index contributed by atoms with van der Waals surface area (Å²) < 4.78 is 72.6. The van der Waals surface area contributed by atoms with Gasteiger partial charge in [0.05, 0.1) is 7.11 Å². The van der Waals surface area contributed by atoms with Crippen LogP contribution < -0.4 is 28.4 Å². The van der Waals surface area contributed by atoms with Crippen molar-refractivity contribution in [3.63, 3.8) is 0 Å². The maximum atomic E-state index is 13.1. The van der Waals surface area contributed by atoms with E-state index in [1.165, 1.54) is 91.0 Å². The van der Waals surface area contributed by atoms with E-state index in [0.29, 0.717) is 34.3 Å². The van der Waals surface area contributed by atoms with Gasteiger partial charge in [-0.15, -0.1) is 0 Å². The largest absolute Gasteiger partial charge is 0.497 e. The van der Waals surface area contributed by atoms with Crippen LogP contribution in [0.1, 0.15) is 244 Å². The molecule has 0 N–H and O–H groups in total. The lowest BCUT2D eigenvalue weighted by molar-refractivity contribution is -0.165. The third-order valence-electron chi connectivity index (χ3n) is 21.5. The molecular formula is C100H107FO21. The number of hydrogen-bond acceptors (Lipinski definition) is 21. The minimum Gasteiger partial charge on any atom is -0.497 e. The molecule has 640 valence electrons. The molecule has 0 spiro atoms. The Morgan fingerprint density at radius 1 is 0.361 bits per heavy atom. The van der Waals surface area contributed by atoms with Crippen LogP contribution in [0.2, 0.25) is 0 Å². The van der Waals surface area contributed by atoms with Gasteiger partial charge in [-0.3, -0.25) is 24.0 Å². The molecule has 5 fully saturated rings. The second-order valence-electron chi connectivity index (χ2n) is 32.0. The maximum absolute atomic E-state index is 13.1. The van der Waals surface area contributed by atoms with Gasteiger partial charge in [0.2, 0.25) is 0 Å². The smallest absolute Gasteiger partial charge is 0.342 e. The van der Waals surface area contributed by atoms with Crippen LogP contribution in [0.25, 0.3) is 30.4 Å². The Morgan fingerprint density at radius 2 is 0.631 bits per heavy atom. The summed E-state index contributed by atoms with van der Waals surface area (Å²) in [5.74, 6) is -1.40. The molecule has 5 aliphatic rings. The SMILES string of the molecule is C=Cc1ccc(OC(C)=O)c(C(=O)OC(C)(C)c2ccc(F)cc2)c1.C=Cc1ccc(OC(C)=O)c(C(=O)OC(C)(C)c2ccc(OC)cc2)c1.C=Cc1ccc(OC(C)=O)c(C(=O)OC(C)(C)c2ccccc2)c1.C=Cc1ccc(OC(C)=O)c(C(=O)OC2(C)C3CC4CC(C3)CC2C4)c1.C=Cc1ccc(OC(C)=O)c(C(=O)OC2(C)CCCC2)c1. The summed E-state index contributed by atoms with van der Waals surface area (Å²) in [7, 11) is 1.59. The number of benzene rings is 8. The Balaban J connectivity index is 0.000000190. The zero-order chi connectivity index (χ0) is 89.6. The highest BCUT2D eigenvalue weighted by atomic mass is 19.1. The first kappa shape index (κ1) is 94.4. The second-order valence-corrected chi connectivity index (χ2v) is 32.0. The summed E-state index contributed by atoms with van der Waals surface area (Å²) in [5.41, 5.74) is 3.49. The summed E-state index contributed by atoms with van der Waals surface area (Å²) in [6.45, 7) is 39.5. The van der Waals surface area contributed by atoms with Gasteiger partial charge in [0.15, 0.2) is 0 Å².